The lowest BCUT2D eigenvalue weighted by Gasteiger charge is -2.27. The Morgan fingerprint density at radius 2 is 1.43 bits per heavy atom. The van der Waals surface area contributed by atoms with Gasteiger partial charge in [0.15, 0.2) is 0 Å². The predicted molar refractivity (Wildman–Crippen MR) is 99.9 cm³/mol. The van der Waals surface area contributed by atoms with Crippen LogP contribution in [0.5, 0.6) is 0 Å². The summed E-state index contributed by atoms with van der Waals surface area (Å²) in [6, 6.07) is 0. The zero-order chi connectivity index (χ0) is 18.1. The van der Waals surface area contributed by atoms with Gasteiger partial charge in [0.2, 0.25) is 0 Å². The maximum absolute atomic E-state index is 11.4. The number of carbonyl (C=O) groups is 1. The minimum absolute atomic E-state index is 0.163. The summed E-state index contributed by atoms with van der Waals surface area (Å²) in [6.07, 6.45) is 6.60. The third-order valence-electron chi connectivity index (χ3n) is 4.08. The molecule has 0 aliphatic heterocycles. The van der Waals surface area contributed by atoms with Gasteiger partial charge in [-0.2, -0.15) is 0 Å². The number of ketones is 1. The van der Waals surface area contributed by atoms with Gasteiger partial charge in [-0.25, -0.2) is 0 Å². The highest BCUT2D eigenvalue weighted by molar-refractivity contribution is 5.80. The predicted octanol–water partition coefficient (Wildman–Crippen LogP) is 5.51. The van der Waals surface area contributed by atoms with Gasteiger partial charge in [0, 0.05) is 39.3 Å². The molecule has 0 N–H and O–H groups in total. The van der Waals surface area contributed by atoms with E-state index < -0.39 is 0 Å². The SMILES string of the molecule is CC.CC.COCC1CCC(COCCCC(=O)C(C)C)CC1. The second kappa shape index (κ2) is 17.9. The second-order valence-electron chi connectivity index (χ2n) is 6.14. The van der Waals surface area contributed by atoms with E-state index >= 15 is 0 Å². The molecule has 140 valence electrons. The fraction of sp³-hybridized carbons (Fsp3) is 0.950. The van der Waals surface area contributed by atoms with Gasteiger partial charge < -0.3 is 9.47 Å². The number of Topliss-reactive ketones (excluding diaryl/α,β-unsaturated/α-hetero) is 1. The van der Waals surface area contributed by atoms with E-state index in [1.165, 1.54) is 25.7 Å². The number of carbonyl (C=O) groups excluding carboxylic acids is 1. The summed E-state index contributed by atoms with van der Waals surface area (Å²) in [7, 11) is 1.79. The van der Waals surface area contributed by atoms with Crippen molar-refractivity contribution in [3.05, 3.63) is 0 Å². The maximum Gasteiger partial charge on any atom is 0.135 e. The second-order valence-corrected chi connectivity index (χ2v) is 6.14. The highest BCUT2D eigenvalue weighted by Crippen LogP contribution is 2.29. The highest BCUT2D eigenvalue weighted by Gasteiger charge is 2.21. The van der Waals surface area contributed by atoms with Gasteiger partial charge in [0.25, 0.3) is 0 Å². The third kappa shape index (κ3) is 13.7. The van der Waals surface area contributed by atoms with Crippen molar-refractivity contribution in [1.29, 1.82) is 0 Å². The molecule has 1 aliphatic carbocycles. The van der Waals surface area contributed by atoms with Crippen molar-refractivity contribution in [3.8, 4) is 0 Å². The molecule has 3 nitrogen and oxygen atoms in total. The molecule has 23 heavy (non-hydrogen) atoms. The first-order valence-corrected chi connectivity index (χ1v) is 9.72. The maximum atomic E-state index is 11.4. The smallest absolute Gasteiger partial charge is 0.135 e. The molecule has 1 rings (SSSR count). The summed E-state index contributed by atoms with van der Waals surface area (Å²) in [6.45, 7) is 14.4. The zero-order valence-corrected chi connectivity index (χ0v) is 16.8. The van der Waals surface area contributed by atoms with Gasteiger partial charge >= 0.3 is 0 Å². The van der Waals surface area contributed by atoms with E-state index in [0.717, 1.165) is 32.2 Å². The molecular weight excluding hydrogens is 288 g/mol. The third-order valence-corrected chi connectivity index (χ3v) is 4.08. The molecule has 0 atom stereocenters. The molecule has 0 bridgehead atoms. The van der Waals surface area contributed by atoms with Crippen LogP contribution in [-0.2, 0) is 14.3 Å². The summed E-state index contributed by atoms with van der Waals surface area (Å²) in [5.74, 6) is 1.98. The van der Waals surface area contributed by atoms with E-state index in [1.807, 2.05) is 41.5 Å². The van der Waals surface area contributed by atoms with Crippen molar-refractivity contribution in [2.24, 2.45) is 17.8 Å². The van der Waals surface area contributed by atoms with Crippen LogP contribution in [0, 0.1) is 17.8 Å². The average Bonchev–Trinajstić information content (AvgIpc) is 2.59. The number of rotatable bonds is 9. The number of ether oxygens (including phenoxy) is 2. The lowest BCUT2D eigenvalue weighted by atomic mass is 9.83. The van der Waals surface area contributed by atoms with Gasteiger partial charge in [-0.15, -0.1) is 0 Å². The molecule has 0 aromatic carbocycles. The topological polar surface area (TPSA) is 35.5 Å². The van der Waals surface area contributed by atoms with Crippen molar-refractivity contribution in [2.75, 3.05) is 26.9 Å². The average molecular weight is 331 g/mol. The van der Waals surface area contributed by atoms with Crippen LogP contribution in [0.15, 0.2) is 0 Å². The van der Waals surface area contributed by atoms with Crippen LogP contribution in [-0.4, -0.2) is 32.7 Å². The van der Waals surface area contributed by atoms with Crippen molar-refractivity contribution in [1.82, 2.24) is 0 Å². The van der Waals surface area contributed by atoms with Gasteiger partial charge in [0.1, 0.15) is 5.78 Å². The highest BCUT2D eigenvalue weighted by atomic mass is 16.5. The van der Waals surface area contributed by atoms with Crippen LogP contribution in [0.2, 0.25) is 0 Å². The van der Waals surface area contributed by atoms with E-state index in [0.29, 0.717) is 18.1 Å². The molecule has 3 heteroatoms. The van der Waals surface area contributed by atoms with Crippen LogP contribution in [0.3, 0.4) is 0 Å². The summed E-state index contributed by atoms with van der Waals surface area (Å²) in [4.78, 5) is 11.4. The first kappa shape index (κ1) is 24.8. The minimum Gasteiger partial charge on any atom is -0.384 e. The van der Waals surface area contributed by atoms with Crippen LogP contribution >= 0.6 is 0 Å². The lowest BCUT2D eigenvalue weighted by molar-refractivity contribution is -0.122. The molecule has 0 spiro atoms. The molecule has 0 aromatic heterocycles. The van der Waals surface area contributed by atoms with Gasteiger partial charge in [0.05, 0.1) is 0 Å². The van der Waals surface area contributed by atoms with Crippen molar-refractivity contribution in [3.63, 3.8) is 0 Å². The van der Waals surface area contributed by atoms with E-state index in [-0.39, 0.29) is 5.92 Å². The van der Waals surface area contributed by atoms with Gasteiger partial charge in [-0.3, -0.25) is 4.79 Å². The van der Waals surface area contributed by atoms with Crippen LogP contribution in [0.1, 0.15) is 80.1 Å². The Morgan fingerprint density at radius 1 is 0.957 bits per heavy atom. The Bertz CT molecular complexity index is 243. The molecule has 1 fully saturated rings. The monoisotopic (exact) mass is 330 g/mol. The number of hydrogen-bond acceptors (Lipinski definition) is 3. The minimum atomic E-state index is 0.163. The fourth-order valence-electron chi connectivity index (χ4n) is 2.69. The van der Waals surface area contributed by atoms with Crippen LogP contribution < -0.4 is 0 Å². The van der Waals surface area contributed by atoms with Gasteiger partial charge in [-0.05, 0) is 43.9 Å². The Kier molecular flexibility index (Phi) is 19.4. The summed E-state index contributed by atoms with van der Waals surface area (Å²) in [5.41, 5.74) is 0. The van der Waals surface area contributed by atoms with E-state index in [4.69, 9.17) is 9.47 Å². The molecule has 0 unspecified atom stereocenters. The molecule has 1 saturated carbocycles. The quantitative estimate of drug-likeness (QED) is 0.523. The molecule has 0 amide bonds. The summed E-state index contributed by atoms with van der Waals surface area (Å²) < 4.78 is 10.9. The van der Waals surface area contributed by atoms with Crippen molar-refractivity contribution >= 4 is 5.78 Å². The molecule has 0 saturated heterocycles. The first-order chi connectivity index (χ1) is 11.1. The standard InChI is InChI=1S/C16H30O3.2C2H6/c1-13(2)16(17)5-4-10-19-12-15-8-6-14(7-9-15)11-18-3;2*1-2/h13-15H,4-12H2,1-3H3;2*1-2H3. The van der Waals surface area contributed by atoms with Crippen molar-refractivity contribution < 1.29 is 14.3 Å². The molecule has 1 aliphatic rings. The normalized spacial score (nSPS) is 20.2. The largest absolute Gasteiger partial charge is 0.384 e. The zero-order valence-electron chi connectivity index (χ0n) is 16.8. The Hall–Kier alpha value is -0.410. The summed E-state index contributed by atoms with van der Waals surface area (Å²) in [5, 5.41) is 0. The molecule has 0 radical (unpaired) electrons. The van der Waals surface area contributed by atoms with E-state index in [2.05, 4.69) is 0 Å². The lowest BCUT2D eigenvalue weighted by Crippen LogP contribution is -2.21. The first-order valence-electron chi connectivity index (χ1n) is 9.72. The van der Waals surface area contributed by atoms with Crippen molar-refractivity contribution in [2.45, 2.75) is 80.1 Å². The number of hydrogen-bond donors (Lipinski definition) is 0. The summed E-state index contributed by atoms with van der Waals surface area (Å²) >= 11 is 0. The van der Waals surface area contributed by atoms with E-state index in [1.54, 1.807) is 7.11 Å². The Morgan fingerprint density at radius 3 is 1.87 bits per heavy atom. The van der Waals surface area contributed by atoms with Gasteiger partial charge in [-0.1, -0.05) is 41.5 Å². The fourth-order valence-corrected chi connectivity index (χ4v) is 2.69. The van der Waals surface area contributed by atoms with E-state index in [9.17, 15) is 4.79 Å². The number of methoxy groups -OCH3 is 1. The van der Waals surface area contributed by atoms with Crippen LogP contribution in [0.4, 0.5) is 0 Å². The van der Waals surface area contributed by atoms with Crippen LogP contribution in [0.25, 0.3) is 0 Å². The molecule has 0 heterocycles. The Balaban J connectivity index is 0. The molecule has 0 aromatic rings. The Labute approximate surface area is 145 Å². The molecular formula is C20H42O3.